The van der Waals surface area contributed by atoms with Crippen molar-refractivity contribution in [3.63, 3.8) is 0 Å². The van der Waals surface area contributed by atoms with Crippen LogP contribution in [0.2, 0.25) is 0 Å². The number of amides is 4. The highest BCUT2D eigenvalue weighted by Gasteiger charge is 2.70. The number of para-hydroxylation sites is 1. The van der Waals surface area contributed by atoms with Crippen molar-refractivity contribution in [2.24, 2.45) is 23.7 Å². The molecule has 1 saturated carbocycles. The molecule has 2 saturated heterocycles. The van der Waals surface area contributed by atoms with E-state index < -0.39 is 35.0 Å². The van der Waals surface area contributed by atoms with Gasteiger partial charge in [0.2, 0.25) is 11.8 Å². The maximum atomic E-state index is 15.2. The summed E-state index contributed by atoms with van der Waals surface area (Å²) in [5.41, 5.74) is 7.93. The monoisotopic (exact) mass is 714 g/mol. The van der Waals surface area contributed by atoms with E-state index in [0.29, 0.717) is 23.4 Å². The number of anilines is 4. The molecule has 0 bridgehead atoms. The van der Waals surface area contributed by atoms with Gasteiger partial charge < -0.3 is 10.4 Å². The second kappa shape index (κ2) is 12.9. The fraction of sp³-hybridized carbons (Fsp3) is 0.200. The number of aromatic hydroxyl groups is 1. The fourth-order valence-electron chi connectivity index (χ4n) is 9.43. The molecule has 2 heterocycles. The zero-order valence-corrected chi connectivity index (χ0v) is 29.6. The number of phenols is 1. The summed E-state index contributed by atoms with van der Waals surface area (Å²) in [6, 6.07) is 40.7. The number of aryl methyl sites for hydroxylation is 1. The summed E-state index contributed by atoms with van der Waals surface area (Å²) < 4.78 is 0. The number of rotatable bonds is 7. The molecule has 9 rings (SSSR count). The van der Waals surface area contributed by atoms with E-state index in [1.165, 1.54) is 4.90 Å². The maximum Gasteiger partial charge on any atom is 0.260 e. The molecule has 5 aromatic carbocycles. The molecule has 2 aliphatic carbocycles. The minimum absolute atomic E-state index is 0.0720. The van der Waals surface area contributed by atoms with Crippen LogP contribution in [-0.4, -0.2) is 33.7 Å². The molecule has 6 unspecified atom stereocenters. The van der Waals surface area contributed by atoms with E-state index in [-0.39, 0.29) is 35.8 Å². The topological polar surface area (TPSA) is 119 Å². The summed E-state index contributed by atoms with van der Waals surface area (Å²) in [6.45, 7) is 1.97. The van der Waals surface area contributed by atoms with Gasteiger partial charge in [0, 0.05) is 17.3 Å². The van der Waals surface area contributed by atoms with E-state index in [2.05, 4.69) is 10.7 Å². The predicted octanol–water partition coefficient (Wildman–Crippen LogP) is 7.63. The number of hydrazine groups is 1. The third kappa shape index (κ3) is 5.14. The van der Waals surface area contributed by atoms with Crippen molar-refractivity contribution < 1.29 is 24.3 Å². The summed E-state index contributed by atoms with van der Waals surface area (Å²) in [7, 11) is 0. The van der Waals surface area contributed by atoms with Gasteiger partial charge in [-0.3, -0.25) is 29.5 Å². The first-order valence-corrected chi connectivity index (χ1v) is 18.3. The zero-order valence-electron chi connectivity index (χ0n) is 29.6. The molecular weight excluding hydrogens is 677 g/mol. The number of hydrogen-bond donors (Lipinski definition) is 3. The third-order valence-electron chi connectivity index (χ3n) is 11.8. The smallest absolute Gasteiger partial charge is 0.260 e. The summed E-state index contributed by atoms with van der Waals surface area (Å²) >= 11 is 0. The number of nitrogens with one attached hydrogen (secondary N) is 2. The molecule has 0 spiro atoms. The van der Waals surface area contributed by atoms with Gasteiger partial charge in [0.1, 0.15) is 5.75 Å². The fourth-order valence-corrected chi connectivity index (χ4v) is 9.43. The van der Waals surface area contributed by atoms with Crippen LogP contribution in [0.5, 0.6) is 5.75 Å². The Morgan fingerprint density at radius 3 is 1.98 bits per heavy atom. The summed E-state index contributed by atoms with van der Waals surface area (Å²) in [5.74, 6) is -4.58. The largest absolute Gasteiger partial charge is 0.508 e. The van der Waals surface area contributed by atoms with E-state index in [1.807, 2.05) is 110 Å². The first kappa shape index (κ1) is 33.4. The van der Waals surface area contributed by atoms with Gasteiger partial charge >= 0.3 is 0 Å². The highest BCUT2D eigenvalue weighted by atomic mass is 16.3. The second-order valence-electron chi connectivity index (χ2n) is 14.7. The standard InChI is InChI=1S/C45H38N4O5/c1-27-12-16-32(17-13-27)47-49-42(52)38-26-37-35(40(28-14-22-34(50)23-15-28)45(38,44(49)54)29-8-4-2-5-9-29)24-25-36-39(37)43(53)48(41(36)51)33-20-18-31(19-21-33)46-30-10-6-3-7-11-30/h2-24,36-40,46-47,50H,25-26H2,1H3. The molecule has 3 fully saturated rings. The van der Waals surface area contributed by atoms with E-state index in [4.69, 9.17) is 0 Å². The average molecular weight is 715 g/mol. The van der Waals surface area contributed by atoms with Gasteiger partial charge in [-0.2, -0.15) is 5.01 Å². The number of allylic oxidation sites excluding steroid dienone is 2. The van der Waals surface area contributed by atoms with Crippen LogP contribution >= 0.6 is 0 Å². The number of hydrogen-bond acceptors (Lipinski definition) is 7. The number of carbonyl (C=O) groups is 4. The van der Waals surface area contributed by atoms with Crippen LogP contribution < -0.4 is 15.6 Å². The summed E-state index contributed by atoms with van der Waals surface area (Å²) in [6.07, 6.45) is 2.57. The van der Waals surface area contributed by atoms with E-state index >= 15 is 4.79 Å². The molecule has 5 aromatic rings. The molecule has 0 radical (unpaired) electrons. The van der Waals surface area contributed by atoms with Crippen molar-refractivity contribution in [1.82, 2.24) is 5.01 Å². The number of carbonyl (C=O) groups excluding carboxylic acids is 4. The Hall–Kier alpha value is -6.48. The molecule has 2 aliphatic heterocycles. The molecule has 54 heavy (non-hydrogen) atoms. The van der Waals surface area contributed by atoms with Gasteiger partial charge in [-0.1, -0.05) is 90.0 Å². The van der Waals surface area contributed by atoms with Crippen molar-refractivity contribution in [3.8, 4) is 5.75 Å². The van der Waals surface area contributed by atoms with Crippen LogP contribution in [0, 0.1) is 30.6 Å². The molecule has 0 aromatic heterocycles. The van der Waals surface area contributed by atoms with E-state index in [0.717, 1.165) is 33.1 Å². The maximum absolute atomic E-state index is 15.2. The highest BCUT2D eigenvalue weighted by molar-refractivity contribution is 6.22. The Bertz CT molecular complexity index is 2310. The lowest BCUT2D eigenvalue weighted by atomic mass is 9.49. The van der Waals surface area contributed by atoms with Gasteiger partial charge in [-0.25, -0.2) is 0 Å². The minimum atomic E-state index is -1.37. The Kier molecular flexibility index (Phi) is 7.96. The first-order chi connectivity index (χ1) is 26.3. The molecule has 9 heteroatoms. The number of imide groups is 2. The average Bonchev–Trinajstić information content (AvgIpc) is 3.58. The van der Waals surface area contributed by atoms with Crippen molar-refractivity contribution >= 4 is 46.4 Å². The van der Waals surface area contributed by atoms with Crippen molar-refractivity contribution in [2.75, 3.05) is 15.6 Å². The van der Waals surface area contributed by atoms with E-state index in [9.17, 15) is 19.5 Å². The van der Waals surface area contributed by atoms with Gasteiger partial charge in [0.15, 0.2) is 0 Å². The van der Waals surface area contributed by atoms with Gasteiger partial charge in [0.05, 0.1) is 34.5 Å². The third-order valence-corrected chi connectivity index (χ3v) is 11.8. The number of fused-ring (bicyclic) bond motifs is 4. The van der Waals surface area contributed by atoms with Crippen LogP contribution in [0.4, 0.5) is 22.7 Å². The molecule has 4 aliphatic rings. The molecule has 4 amide bonds. The highest BCUT2D eigenvalue weighted by Crippen LogP contribution is 2.64. The van der Waals surface area contributed by atoms with Crippen molar-refractivity contribution in [3.05, 3.63) is 162 Å². The number of benzene rings is 5. The number of phenolic OH excluding ortho intramolecular Hbond substituents is 1. The van der Waals surface area contributed by atoms with Gasteiger partial charge in [0.25, 0.3) is 11.8 Å². The van der Waals surface area contributed by atoms with Gasteiger partial charge in [-0.15, -0.1) is 0 Å². The van der Waals surface area contributed by atoms with Crippen LogP contribution in [0.1, 0.15) is 35.4 Å². The van der Waals surface area contributed by atoms with Crippen LogP contribution in [0.3, 0.4) is 0 Å². The van der Waals surface area contributed by atoms with Crippen LogP contribution in [0.25, 0.3) is 0 Å². The summed E-state index contributed by atoms with van der Waals surface area (Å²) in [4.78, 5) is 60.2. The normalized spacial score (nSPS) is 25.9. The molecular formula is C45H38N4O5. The lowest BCUT2D eigenvalue weighted by molar-refractivity contribution is -0.138. The SMILES string of the molecule is Cc1ccc(NN2C(=O)C3CC4C(=CCC5C(=O)N(c6ccc(Nc7ccccc7)cc6)C(=O)C54)C(c4ccc(O)cc4)C3(c3ccccc3)C2=O)cc1. The molecule has 3 N–H and O–H groups in total. The lowest BCUT2D eigenvalue weighted by Gasteiger charge is -2.50. The van der Waals surface area contributed by atoms with E-state index in [1.54, 1.807) is 36.4 Å². The molecule has 268 valence electrons. The van der Waals surface area contributed by atoms with Crippen molar-refractivity contribution in [2.45, 2.75) is 31.1 Å². The second-order valence-corrected chi connectivity index (χ2v) is 14.7. The predicted molar refractivity (Wildman–Crippen MR) is 206 cm³/mol. The molecule has 9 nitrogen and oxygen atoms in total. The first-order valence-electron chi connectivity index (χ1n) is 18.3. The Balaban J connectivity index is 1.13. The Morgan fingerprint density at radius 1 is 0.667 bits per heavy atom. The van der Waals surface area contributed by atoms with Crippen LogP contribution in [0.15, 0.2) is 145 Å². The Morgan fingerprint density at radius 2 is 1.30 bits per heavy atom. The minimum Gasteiger partial charge on any atom is -0.508 e. The number of nitrogens with zero attached hydrogens (tertiary/aromatic N) is 2. The van der Waals surface area contributed by atoms with Crippen molar-refractivity contribution in [1.29, 1.82) is 0 Å². The van der Waals surface area contributed by atoms with Gasteiger partial charge in [-0.05, 0) is 97.5 Å². The summed E-state index contributed by atoms with van der Waals surface area (Å²) in [5, 5.41) is 14.8. The lowest BCUT2D eigenvalue weighted by Crippen LogP contribution is -2.53. The zero-order chi connectivity index (χ0) is 37.1. The Labute approximate surface area is 312 Å². The quantitative estimate of drug-likeness (QED) is 0.117. The van der Waals surface area contributed by atoms with Crippen LogP contribution in [-0.2, 0) is 24.6 Å². The molecule has 6 atom stereocenters.